The predicted octanol–water partition coefficient (Wildman–Crippen LogP) is 1.22. The first kappa shape index (κ1) is 11.4. The fourth-order valence-corrected chi connectivity index (χ4v) is 1.53. The van der Waals surface area contributed by atoms with Gasteiger partial charge in [0.25, 0.3) is 0 Å². The van der Waals surface area contributed by atoms with Crippen molar-refractivity contribution in [2.45, 2.75) is 13.5 Å². The molecule has 3 N–H and O–H groups in total. The number of aromatic nitrogens is 2. The summed E-state index contributed by atoms with van der Waals surface area (Å²) in [6.45, 7) is 1.92. The highest BCUT2D eigenvalue weighted by Crippen LogP contribution is 2.35. The van der Waals surface area contributed by atoms with Gasteiger partial charge in [0.05, 0.1) is 19.2 Å². The number of methoxy groups -OCH3 is 1. The highest BCUT2D eigenvalue weighted by atomic mass is 16.5. The van der Waals surface area contributed by atoms with Crippen molar-refractivity contribution in [1.29, 1.82) is 0 Å². The first-order chi connectivity index (χ1) is 8.17. The van der Waals surface area contributed by atoms with E-state index >= 15 is 0 Å². The second kappa shape index (κ2) is 4.42. The predicted molar refractivity (Wildman–Crippen MR) is 60.6 cm³/mol. The van der Waals surface area contributed by atoms with Crippen LogP contribution in [0.2, 0.25) is 0 Å². The van der Waals surface area contributed by atoms with Crippen LogP contribution in [0.4, 0.5) is 0 Å². The van der Waals surface area contributed by atoms with E-state index in [0.717, 1.165) is 0 Å². The molecular weight excluding hydrogens is 222 g/mol. The lowest BCUT2D eigenvalue weighted by molar-refractivity contribution is 0.380. The molecule has 17 heavy (non-hydrogen) atoms. The van der Waals surface area contributed by atoms with E-state index in [2.05, 4.69) is 10.1 Å². The minimum Gasteiger partial charge on any atom is -0.507 e. The van der Waals surface area contributed by atoms with Crippen LogP contribution in [0.5, 0.6) is 11.5 Å². The van der Waals surface area contributed by atoms with Gasteiger partial charge in [-0.15, -0.1) is 0 Å². The first-order valence-corrected chi connectivity index (χ1v) is 5.07. The second-order valence-electron chi connectivity index (χ2n) is 3.50. The topological polar surface area (TPSA) is 94.4 Å². The summed E-state index contributed by atoms with van der Waals surface area (Å²) in [7, 11) is 1.54. The minimum atomic E-state index is 0.0775. The number of nitrogens with two attached hydrogens (primary N) is 1. The summed E-state index contributed by atoms with van der Waals surface area (Å²) in [6.07, 6.45) is 0. The molecule has 0 saturated heterocycles. The molecule has 1 aromatic carbocycles. The van der Waals surface area contributed by atoms with Crippen LogP contribution in [0.25, 0.3) is 11.4 Å². The number of hydrogen-bond donors (Lipinski definition) is 2. The third-order valence-corrected chi connectivity index (χ3v) is 2.48. The van der Waals surface area contributed by atoms with E-state index in [1.165, 1.54) is 0 Å². The van der Waals surface area contributed by atoms with E-state index in [4.69, 9.17) is 15.0 Å². The Morgan fingerprint density at radius 2 is 2.24 bits per heavy atom. The molecule has 0 atom stereocenters. The van der Waals surface area contributed by atoms with Crippen LogP contribution in [0, 0.1) is 6.92 Å². The molecule has 0 aliphatic rings. The van der Waals surface area contributed by atoms with Gasteiger partial charge in [0.15, 0.2) is 0 Å². The van der Waals surface area contributed by atoms with Crippen LogP contribution >= 0.6 is 0 Å². The molecule has 1 aromatic heterocycles. The average Bonchev–Trinajstić information content (AvgIpc) is 2.81. The standard InChI is InChI=1S/C11H13N3O3/c1-6-8(16-2)4-3-7(10(6)15)11-13-9(5-12)17-14-11/h3-4,15H,5,12H2,1-2H3. The van der Waals surface area contributed by atoms with Crippen molar-refractivity contribution < 1.29 is 14.4 Å². The van der Waals surface area contributed by atoms with E-state index in [0.29, 0.717) is 28.6 Å². The van der Waals surface area contributed by atoms with Gasteiger partial charge in [-0.25, -0.2) is 0 Å². The molecule has 0 unspecified atom stereocenters. The first-order valence-electron chi connectivity index (χ1n) is 5.07. The van der Waals surface area contributed by atoms with E-state index in [1.807, 2.05) is 0 Å². The maximum absolute atomic E-state index is 10.0. The highest BCUT2D eigenvalue weighted by Gasteiger charge is 2.15. The lowest BCUT2D eigenvalue weighted by Gasteiger charge is -2.08. The third kappa shape index (κ3) is 1.94. The van der Waals surface area contributed by atoms with Gasteiger partial charge in [0.2, 0.25) is 11.7 Å². The highest BCUT2D eigenvalue weighted by molar-refractivity contribution is 5.68. The fraction of sp³-hybridized carbons (Fsp3) is 0.273. The maximum atomic E-state index is 10.0. The number of nitrogens with zero attached hydrogens (tertiary/aromatic N) is 2. The van der Waals surface area contributed by atoms with E-state index < -0.39 is 0 Å². The summed E-state index contributed by atoms with van der Waals surface area (Å²) in [5, 5.41) is 13.8. The van der Waals surface area contributed by atoms with Crippen LogP contribution in [0.3, 0.4) is 0 Å². The number of ether oxygens (including phenoxy) is 1. The van der Waals surface area contributed by atoms with E-state index in [9.17, 15) is 5.11 Å². The molecule has 6 nitrogen and oxygen atoms in total. The molecule has 6 heteroatoms. The van der Waals surface area contributed by atoms with Crippen molar-refractivity contribution in [2.75, 3.05) is 7.11 Å². The fourth-order valence-electron chi connectivity index (χ4n) is 1.53. The Labute approximate surface area is 98.0 Å². The summed E-state index contributed by atoms with van der Waals surface area (Å²) < 4.78 is 9.99. The summed E-state index contributed by atoms with van der Waals surface area (Å²) in [6, 6.07) is 3.41. The zero-order valence-corrected chi connectivity index (χ0v) is 9.60. The second-order valence-corrected chi connectivity index (χ2v) is 3.50. The molecule has 0 amide bonds. The van der Waals surface area contributed by atoms with Crippen LogP contribution in [-0.4, -0.2) is 22.4 Å². The smallest absolute Gasteiger partial charge is 0.240 e. The number of hydrogen-bond acceptors (Lipinski definition) is 6. The van der Waals surface area contributed by atoms with Crippen molar-refractivity contribution >= 4 is 0 Å². The number of rotatable bonds is 3. The molecule has 0 aliphatic heterocycles. The van der Waals surface area contributed by atoms with E-state index in [-0.39, 0.29) is 12.3 Å². The molecule has 0 aliphatic carbocycles. The van der Waals surface area contributed by atoms with E-state index in [1.54, 1.807) is 26.2 Å². The quantitative estimate of drug-likeness (QED) is 0.830. The Balaban J connectivity index is 2.49. The average molecular weight is 235 g/mol. The Morgan fingerprint density at radius 3 is 2.82 bits per heavy atom. The maximum Gasteiger partial charge on any atom is 0.240 e. The summed E-state index contributed by atoms with van der Waals surface area (Å²) in [4.78, 5) is 4.05. The number of aromatic hydroxyl groups is 1. The van der Waals surface area contributed by atoms with Gasteiger partial charge in [-0.3, -0.25) is 0 Å². The van der Waals surface area contributed by atoms with Crippen LogP contribution < -0.4 is 10.5 Å². The number of benzene rings is 1. The summed E-state index contributed by atoms with van der Waals surface area (Å²) in [5.74, 6) is 1.32. The zero-order chi connectivity index (χ0) is 12.4. The number of phenols is 1. The Bertz CT molecular complexity index is 537. The van der Waals surface area contributed by atoms with Gasteiger partial charge in [0, 0.05) is 5.56 Å². The van der Waals surface area contributed by atoms with Crippen molar-refractivity contribution in [3.63, 3.8) is 0 Å². The molecule has 90 valence electrons. The molecular formula is C11H13N3O3. The molecule has 1 heterocycles. The molecule has 0 radical (unpaired) electrons. The van der Waals surface area contributed by atoms with Crippen molar-refractivity contribution in [3.8, 4) is 22.9 Å². The normalized spacial score (nSPS) is 10.5. The van der Waals surface area contributed by atoms with Gasteiger partial charge in [-0.05, 0) is 19.1 Å². The third-order valence-electron chi connectivity index (χ3n) is 2.48. The Hall–Kier alpha value is -2.08. The number of phenolic OH excluding ortho intramolecular Hbond substituents is 1. The molecule has 0 saturated carbocycles. The SMILES string of the molecule is COc1ccc(-c2noc(CN)n2)c(O)c1C. The van der Waals surface area contributed by atoms with Gasteiger partial charge >= 0.3 is 0 Å². The van der Waals surface area contributed by atoms with Crippen LogP contribution in [0.15, 0.2) is 16.7 Å². The lowest BCUT2D eigenvalue weighted by atomic mass is 10.1. The van der Waals surface area contributed by atoms with Gasteiger partial charge < -0.3 is 20.1 Å². The van der Waals surface area contributed by atoms with Crippen molar-refractivity contribution in [3.05, 3.63) is 23.6 Å². The lowest BCUT2D eigenvalue weighted by Crippen LogP contribution is -1.96. The van der Waals surface area contributed by atoms with Crippen molar-refractivity contribution in [2.24, 2.45) is 5.73 Å². The van der Waals surface area contributed by atoms with Crippen LogP contribution in [-0.2, 0) is 6.54 Å². The Morgan fingerprint density at radius 1 is 1.47 bits per heavy atom. The molecule has 2 aromatic rings. The summed E-state index contributed by atoms with van der Waals surface area (Å²) in [5.41, 5.74) is 6.50. The summed E-state index contributed by atoms with van der Waals surface area (Å²) >= 11 is 0. The van der Waals surface area contributed by atoms with Gasteiger partial charge in [-0.1, -0.05) is 5.16 Å². The van der Waals surface area contributed by atoms with Gasteiger partial charge in [-0.2, -0.15) is 4.98 Å². The molecule has 0 fully saturated rings. The zero-order valence-electron chi connectivity index (χ0n) is 9.60. The minimum absolute atomic E-state index is 0.0775. The largest absolute Gasteiger partial charge is 0.507 e. The molecule has 0 spiro atoms. The van der Waals surface area contributed by atoms with Gasteiger partial charge in [0.1, 0.15) is 11.5 Å². The Kier molecular flexibility index (Phi) is 2.97. The van der Waals surface area contributed by atoms with Crippen LogP contribution in [0.1, 0.15) is 11.5 Å². The molecule has 0 bridgehead atoms. The van der Waals surface area contributed by atoms with Crippen molar-refractivity contribution in [1.82, 2.24) is 10.1 Å². The molecule has 2 rings (SSSR count). The monoisotopic (exact) mass is 235 g/mol.